The maximum Gasteiger partial charge on any atom is 0.100 e. The third-order valence-corrected chi connectivity index (χ3v) is 3.93. The van der Waals surface area contributed by atoms with Gasteiger partial charge in [0.1, 0.15) is 4.34 Å². The van der Waals surface area contributed by atoms with Gasteiger partial charge >= 0.3 is 0 Å². The summed E-state index contributed by atoms with van der Waals surface area (Å²) >= 11 is 13.0. The van der Waals surface area contributed by atoms with E-state index in [0.29, 0.717) is 15.3 Å². The summed E-state index contributed by atoms with van der Waals surface area (Å²) in [6, 6.07) is 1.73. The van der Waals surface area contributed by atoms with E-state index >= 15 is 0 Å². The average molecular weight is 253 g/mol. The normalized spacial score (nSPS) is 24.1. The van der Waals surface area contributed by atoms with E-state index in [9.17, 15) is 5.11 Å². The second-order valence-corrected chi connectivity index (χ2v) is 5.63. The van der Waals surface area contributed by atoms with E-state index in [-0.39, 0.29) is 5.92 Å². The molecule has 2 heterocycles. The van der Waals surface area contributed by atoms with Crippen molar-refractivity contribution < 1.29 is 9.84 Å². The number of ether oxygens (including phenoxy) is 1. The number of halogens is 2. The summed E-state index contributed by atoms with van der Waals surface area (Å²) in [4.78, 5) is 0. The highest BCUT2D eigenvalue weighted by atomic mass is 35.5. The molecular weight excluding hydrogens is 243 g/mol. The fourth-order valence-electron chi connectivity index (χ4n) is 1.61. The van der Waals surface area contributed by atoms with Crippen molar-refractivity contribution in [2.24, 2.45) is 5.92 Å². The van der Waals surface area contributed by atoms with Gasteiger partial charge < -0.3 is 9.84 Å². The highest BCUT2D eigenvalue weighted by Crippen LogP contribution is 2.39. The molecule has 2 unspecified atom stereocenters. The lowest BCUT2D eigenvalue weighted by atomic mass is 9.97. The van der Waals surface area contributed by atoms with Gasteiger partial charge in [0.15, 0.2) is 0 Å². The summed E-state index contributed by atoms with van der Waals surface area (Å²) in [7, 11) is 0. The second kappa shape index (κ2) is 4.37. The van der Waals surface area contributed by atoms with Gasteiger partial charge in [-0.05, 0) is 12.5 Å². The third kappa shape index (κ3) is 2.07. The number of thiophene rings is 1. The van der Waals surface area contributed by atoms with Crippen LogP contribution in [0.3, 0.4) is 0 Å². The van der Waals surface area contributed by atoms with Gasteiger partial charge in [-0.15, -0.1) is 11.3 Å². The van der Waals surface area contributed by atoms with Crippen LogP contribution >= 0.6 is 34.5 Å². The summed E-state index contributed by atoms with van der Waals surface area (Å²) in [5, 5.41) is 10.00. The molecule has 0 aliphatic carbocycles. The number of hydrogen-bond acceptors (Lipinski definition) is 3. The van der Waals surface area contributed by atoms with E-state index in [0.717, 1.165) is 18.6 Å². The van der Waals surface area contributed by atoms with Crippen molar-refractivity contribution in [1.82, 2.24) is 0 Å². The maximum atomic E-state index is 10.00. The van der Waals surface area contributed by atoms with Crippen LogP contribution in [-0.2, 0) is 4.74 Å². The highest BCUT2D eigenvalue weighted by molar-refractivity contribution is 7.20. The minimum Gasteiger partial charge on any atom is -0.388 e. The predicted molar refractivity (Wildman–Crippen MR) is 58.2 cm³/mol. The molecule has 2 nitrogen and oxygen atoms in total. The Morgan fingerprint density at radius 1 is 1.57 bits per heavy atom. The summed E-state index contributed by atoms with van der Waals surface area (Å²) in [5.41, 5.74) is 0.733. The van der Waals surface area contributed by atoms with Gasteiger partial charge in [0.05, 0.1) is 17.0 Å². The topological polar surface area (TPSA) is 29.5 Å². The molecule has 2 atom stereocenters. The standard InChI is InChI=1S/C9H10Cl2O2S/c10-7-3-6(9(11)14-7)8(12)5-1-2-13-4-5/h3,5,8,12H,1-2,4H2. The first-order valence-corrected chi connectivity index (χ1v) is 5.96. The molecule has 1 aromatic heterocycles. The quantitative estimate of drug-likeness (QED) is 0.877. The molecule has 0 saturated carbocycles. The fraction of sp³-hybridized carbons (Fsp3) is 0.556. The molecule has 1 fully saturated rings. The van der Waals surface area contributed by atoms with Gasteiger partial charge in [-0.1, -0.05) is 23.2 Å². The van der Waals surface area contributed by atoms with E-state index in [4.69, 9.17) is 27.9 Å². The zero-order valence-corrected chi connectivity index (χ0v) is 9.70. The molecule has 0 amide bonds. The lowest BCUT2D eigenvalue weighted by molar-refractivity contribution is 0.0922. The summed E-state index contributed by atoms with van der Waals surface area (Å²) in [6.07, 6.45) is 0.332. The van der Waals surface area contributed by atoms with Crippen LogP contribution in [0, 0.1) is 5.92 Å². The number of aliphatic hydroxyl groups is 1. The number of hydrogen-bond donors (Lipinski definition) is 1. The van der Waals surface area contributed by atoms with Crippen molar-refractivity contribution in [3.05, 3.63) is 20.3 Å². The highest BCUT2D eigenvalue weighted by Gasteiger charge is 2.27. The van der Waals surface area contributed by atoms with Crippen LogP contribution in [0.4, 0.5) is 0 Å². The minimum absolute atomic E-state index is 0.151. The Labute approximate surface area is 96.4 Å². The van der Waals surface area contributed by atoms with Gasteiger partial charge in [-0.3, -0.25) is 0 Å². The van der Waals surface area contributed by atoms with Crippen molar-refractivity contribution >= 4 is 34.5 Å². The molecule has 0 radical (unpaired) electrons. The second-order valence-electron chi connectivity index (χ2n) is 3.35. The minimum atomic E-state index is -0.547. The molecule has 0 bridgehead atoms. The lowest BCUT2D eigenvalue weighted by Gasteiger charge is -2.15. The summed E-state index contributed by atoms with van der Waals surface area (Å²) < 4.78 is 6.41. The first-order chi connectivity index (χ1) is 6.68. The van der Waals surface area contributed by atoms with Crippen LogP contribution in [0.15, 0.2) is 6.07 Å². The maximum absolute atomic E-state index is 10.00. The number of rotatable bonds is 2. The molecule has 0 spiro atoms. The Bertz CT molecular complexity index is 321. The van der Waals surface area contributed by atoms with E-state index in [1.54, 1.807) is 6.07 Å². The molecule has 1 aliphatic heterocycles. The zero-order chi connectivity index (χ0) is 10.1. The molecule has 5 heteroatoms. The van der Waals surface area contributed by atoms with Crippen molar-refractivity contribution in [1.29, 1.82) is 0 Å². The lowest BCUT2D eigenvalue weighted by Crippen LogP contribution is -2.11. The van der Waals surface area contributed by atoms with E-state index in [1.807, 2.05) is 0 Å². The molecule has 1 aliphatic rings. The third-order valence-electron chi connectivity index (χ3n) is 2.41. The van der Waals surface area contributed by atoms with Crippen LogP contribution < -0.4 is 0 Å². The Balaban J connectivity index is 2.17. The van der Waals surface area contributed by atoms with Crippen LogP contribution in [0.25, 0.3) is 0 Å². The Morgan fingerprint density at radius 2 is 2.36 bits per heavy atom. The van der Waals surface area contributed by atoms with Crippen molar-refractivity contribution in [3.8, 4) is 0 Å². The average Bonchev–Trinajstić information content (AvgIpc) is 2.73. The van der Waals surface area contributed by atoms with Crippen molar-refractivity contribution in [2.75, 3.05) is 13.2 Å². The SMILES string of the molecule is OC(c1cc(Cl)sc1Cl)C1CCOC1. The van der Waals surface area contributed by atoms with Crippen LogP contribution in [0.2, 0.25) is 8.67 Å². The monoisotopic (exact) mass is 252 g/mol. The first-order valence-electron chi connectivity index (χ1n) is 4.39. The molecule has 1 aromatic rings. The van der Waals surface area contributed by atoms with Crippen LogP contribution in [0.5, 0.6) is 0 Å². The van der Waals surface area contributed by atoms with Gasteiger partial charge in [0.2, 0.25) is 0 Å². The van der Waals surface area contributed by atoms with E-state index in [2.05, 4.69) is 0 Å². The largest absolute Gasteiger partial charge is 0.388 e. The predicted octanol–water partition coefficient (Wildman–Crippen LogP) is 3.12. The first kappa shape index (κ1) is 10.7. The van der Waals surface area contributed by atoms with Gasteiger partial charge in [0, 0.05) is 18.1 Å². The van der Waals surface area contributed by atoms with E-state index in [1.165, 1.54) is 11.3 Å². The molecule has 2 rings (SSSR count). The Hall–Kier alpha value is 0.200. The Morgan fingerprint density at radius 3 is 2.86 bits per heavy atom. The number of aliphatic hydroxyl groups excluding tert-OH is 1. The smallest absolute Gasteiger partial charge is 0.100 e. The molecule has 1 saturated heterocycles. The molecule has 78 valence electrons. The summed E-state index contributed by atoms with van der Waals surface area (Å²) in [6.45, 7) is 1.32. The van der Waals surface area contributed by atoms with Crippen molar-refractivity contribution in [3.63, 3.8) is 0 Å². The molecule has 1 N–H and O–H groups in total. The van der Waals surface area contributed by atoms with E-state index < -0.39 is 6.10 Å². The van der Waals surface area contributed by atoms with Gasteiger partial charge in [0.25, 0.3) is 0 Å². The van der Waals surface area contributed by atoms with Crippen LogP contribution in [0.1, 0.15) is 18.1 Å². The Kier molecular flexibility index (Phi) is 3.34. The molecule has 14 heavy (non-hydrogen) atoms. The van der Waals surface area contributed by atoms with Gasteiger partial charge in [-0.25, -0.2) is 0 Å². The zero-order valence-electron chi connectivity index (χ0n) is 7.37. The van der Waals surface area contributed by atoms with Crippen molar-refractivity contribution in [2.45, 2.75) is 12.5 Å². The van der Waals surface area contributed by atoms with Crippen LogP contribution in [-0.4, -0.2) is 18.3 Å². The molecular formula is C9H10Cl2O2S. The summed E-state index contributed by atoms with van der Waals surface area (Å²) in [5.74, 6) is 0.151. The molecule has 0 aromatic carbocycles. The fourth-order valence-corrected chi connectivity index (χ4v) is 3.15. The van der Waals surface area contributed by atoms with Gasteiger partial charge in [-0.2, -0.15) is 0 Å².